The molecule has 0 saturated heterocycles. The van der Waals surface area contributed by atoms with Crippen molar-refractivity contribution in [3.05, 3.63) is 89.5 Å². The van der Waals surface area contributed by atoms with Crippen LogP contribution >= 0.6 is 11.3 Å². The first-order valence-corrected chi connectivity index (χ1v) is 10.3. The molecule has 0 bridgehead atoms. The molecule has 6 heteroatoms. The minimum absolute atomic E-state index is 0.117. The topological polar surface area (TPSA) is 66.2 Å². The van der Waals surface area contributed by atoms with E-state index in [9.17, 15) is 4.79 Å². The van der Waals surface area contributed by atoms with Gasteiger partial charge in [-0.25, -0.2) is 4.98 Å². The van der Waals surface area contributed by atoms with Crippen molar-refractivity contribution in [1.82, 2.24) is 4.98 Å². The zero-order valence-electron chi connectivity index (χ0n) is 16.4. The number of nitrogens with zero attached hydrogens (tertiary/aromatic N) is 3. The number of amides is 1. The Morgan fingerprint density at radius 3 is 2.53 bits per heavy atom. The van der Waals surface area contributed by atoms with E-state index in [1.54, 1.807) is 29.2 Å². The van der Waals surface area contributed by atoms with E-state index in [4.69, 9.17) is 15.0 Å². The molecule has 0 unspecified atom stereocenters. The van der Waals surface area contributed by atoms with Gasteiger partial charge in [-0.1, -0.05) is 53.8 Å². The molecule has 0 aliphatic rings. The molecule has 0 radical (unpaired) electrons. The lowest BCUT2D eigenvalue weighted by Crippen LogP contribution is -2.34. The van der Waals surface area contributed by atoms with Crippen molar-refractivity contribution in [2.45, 2.75) is 13.5 Å². The number of nitriles is 1. The Morgan fingerprint density at radius 2 is 1.83 bits per heavy atom. The van der Waals surface area contributed by atoms with E-state index in [0.717, 1.165) is 21.3 Å². The number of thiazole rings is 1. The van der Waals surface area contributed by atoms with Gasteiger partial charge in [0.05, 0.1) is 28.4 Å². The minimum atomic E-state index is -0.181. The van der Waals surface area contributed by atoms with Crippen LogP contribution in [0.25, 0.3) is 10.2 Å². The molecule has 0 aliphatic heterocycles. The molecular formula is C24H19N3O2S. The molecule has 0 spiro atoms. The lowest BCUT2D eigenvalue weighted by Gasteiger charge is -2.20. The third-order valence-electron chi connectivity index (χ3n) is 4.67. The summed E-state index contributed by atoms with van der Waals surface area (Å²) in [7, 11) is 0. The largest absolute Gasteiger partial charge is 0.484 e. The van der Waals surface area contributed by atoms with Crippen LogP contribution in [0.1, 0.15) is 16.7 Å². The number of carbonyl (C=O) groups excluding carboxylic acids is 1. The molecule has 0 aliphatic carbocycles. The normalized spacial score (nSPS) is 10.5. The Balaban J connectivity index is 1.59. The number of para-hydroxylation sites is 1. The number of fused-ring (bicyclic) bond motifs is 1. The molecule has 1 aromatic heterocycles. The van der Waals surface area contributed by atoms with Crippen LogP contribution in [-0.4, -0.2) is 17.5 Å². The summed E-state index contributed by atoms with van der Waals surface area (Å²) in [6.07, 6.45) is 0. The maximum Gasteiger partial charge on any atom is 0.267 e. The Labute approximate surface area is 178 Å². The van der Waals surface area contributed by atoms with Gasteiger partial charge in [-0.15, -0.1) is 0 Å². The summed E-state index contributed by atoms with van der Waals surface area (Å²) >= 11 is 1.50. The van der Waals surface area contributed by atoms with Crippen molar-refractivity contribution in [3.63, 3.8) is 0 Å². The van der Waals surface area contributed by atoms with Crippen molar-refractivity contribution in [2.24, 2.45) is 0 Å². The fraction of sp³-hybridized carbons (Fsp3) is 0.125. The second kappa shape index (κ2) is 8.76. The second-order valence-electron chi connectivity index (χ2n) is 6.81. The lowest BCUT2D eigenvalue weighted by molar-refractivity contribution is -0.120. The maximum atomic E-state index is 13.1. The predicted octanol–water partition coefficient (Wildman–Crippen LogP) is 5.09. The van der Waals surface area contributed by atoms with Crippen molar-refractivity contribution in [1.29, 1.82) is 5.26 Å². The van der Waals surface area contributed by atoms with Gasteiger partial charge in [-0.2, -0.15) is 5.26 Å². The molecule has 3 aromatic carbocycles. The molecule has 4 aromatic rings. The van der Waals surface area contributed by atoms with Gasteiger partial charge in [0, 0.05) is 0 Å². The van der Waals surface area contributed by atoms with Crippen LogP contribution in [0.15, 0.2) is 72.8 Å². The Hall–Kier alpha value is -3.69. The fourth-order valence-electron chi connectivity index (χ4n) is 3.07. The smallest absolute Gasteiger partial charge is 0.267 e. The average Bonchev–Trinajstić information content (AvgIpc) is 3.22. The van der Waals surface area contributed by atoms with Crippen molar-refractivity contribution in [2.75, 3.05) is 11.5 Å². The minimum Gasteiger partial charge on any atom is -0.484 e. The third kappa shape index (κ3) is 4.32. The Morgan fingerprint density at radius 1 is 1.07 bits per heavy atom. The molecule has 30 heavy (non-hydrogen) atoms. The first-order chi connectivity index (χ1) is 14.6. The molecule has 4 rings (SSSR count). The van der Waals surface area contributed by atoms with Crippen molar-refractivity contribution in [3.8, 4) is 11.8 Å². The number of anilines is 1. The van der Waals surface area contributed by atoms with E-state index in [2.05, 4.69) is 6.07 Å². The van der Waals surface area contributed by atoms with Gasteiger partial charge < -0.3 is 4.74 Å². The number of rotatable bonds is 6. The first-order valence-electron chi connectivity index (χ1n) is 9.47. The SMILES string of the molecule is Cc1cccc2sc(N(Cc3ccccc3)C(=O)COc3ccc(C#N)cc3)nc12. The molecule has 0 N–H and O–H groups in total. The van der Waals surface area contributed by atoms with Gasteiger partial charge in [-0.3, -0.25) is 9.69 Å². The van der Waals surface area contributed by atoms with Gasteiger partial charge in [0.2, 0.25) is 0 Å². The molecule has 1 amide bonds. The van der Waals surface area contributed by atoms with Gasteiger partial charge >= 0.3 is 0 Å². The molecule has 1 heterocycles. The zero-order chi connectivity index (χ0) is 20.9. The molecule has 0 fully saturated rings. The standard InChI is InChI=1S/C24H19N3O2S/c1-17-6-5-9-21-23(17)26-24(30-21)27(15-19-7-3-2-4-8-19)22(28)16-29-20-12-10-18(14-25)11-13-20/h2-13H,15-16H2,1H3. The predicted molar refractivity (Wildman–Crippen MR) is 119 cm³/mol. The highest BCUT2D eigenvalue weighted by atomic mass is 32.1. The number of hydrogen-bond acceptors (Lipinski definition) is 5. The van der Waals surface area contributed by atoms with E-state index >= 15 is 0 Å². The highest BCUT2D eigenvalue weighted by Crippen LogP contribution is 2.31. The van der Waals surface area contributed by atoms with E-state index in [0.29, 0.717) is 23.0 Å². The van der Waals surface area contributed by atoms with Crippen LogP contribution < -0.4 is 9.64 Å². The van der Waals surface area contributed by atoms with Crippen LogP contribution in [0.4, 0.5) is 5.13 Å². The number of carbonyl (C=O) groups is 1. The van der Waals surface area contributed by atoms with Gasteiger partial charge in [0.1, 0.15) is 5.75 Å². The molecule has 5 nitrogen and oxygen atoms in total. The van der Waals surface area contributed by atoms with E-state index in [1.807, 2.05) is 55.5 Å². The van der Waals surface area contributed by atoms with Crippen LogP contribution in [-0.2, 0) is 11.3 Å². The van der Waals surface area contributed by atoms with Crippen molar-refractivity contribution < 1.29 is 9.53 Å². The summed E-state index contributed by atoms with van der Waals surface area (Å²) in [6.45, 7) is 2.31. The lowest BCUT2D eigenvalue weighted by atomic mass is 10.2. The third-order valence-corrected chi connectivity index (χ3v) is 5.71. The van der Waals surface area contributed by atoms with Crippen LogP contribution in [0.2, 0.25) is 0 Å². The Bertz CT molecular complexity index is 1210. The van der Waals surface area contributed by atoms with E-state index < -0.39 is 0 Å². The quantitative estimate of drug-likeness (QED) is 0.442. The highest BCUT2D eigenvalue weighted by molar-refractivity contribution is 7.22. The molecule has 0 saturated carbocycles. The van der Waals surface area contributed by atoms with E-state index in [1.165, 1.54) is 11.3 Å². The van der Waals surface area contributed by atoms with Gasteiger partial charge in [0.15, 0.2) is 11.7 Å². The number of hydrogen-bond donors (Lipinski definition) is 0. The first kappa shape index (κ1) is 19.6. The molecule has 148 valence electrons. The number of ether oxygens (including phenoxy) is 1. The van der Waals surface area contributed by atoms with Crippen LogP contribution in [0, 0.1) is 18.3 Å². The number of aryl methyl sites for hydroxylation is 1. The monoisotopic (exact) mass is 413 g/mol. The Kier molecular flexibility index (Phi) is 5.73. The zero-order valence-corrected chi connectivity index (χ0v) is 17.2. The van der Waals surface area contributed by atoms with Gasteiger partial charge in [-0.05, 0) is 48.4 Å². The molecule has 0 atom stereocenters. The summed E-state index contributed by atoms with van der Waals surface area (Å²) < 4.78 is 6.73. The maximum absolute atomic E-state index is 13.1. The molecular weight excluding hydrogens is 394 g/mol. The van der Waals surface area contributed by atoms with E-state index in [-0.39, 0.29) is 12.5 Å². The van der Waals surface area contributed by atoms with Gasteiger partial charge in [0.25, 0.3) is 5.91 Å². The number of aromatic nitrogens is 1. The summed E-state index contributed by atoms with van der Waals surface area (Å²) in [6, 6.07) is 24.6. The fourth-order valence-corrected chi connectivity index (χ4v) is 4.13. The average molecular weight is 414 g/mol. The van der Waals surface area contributed by atoms with Crippen molar-refractivity contribution >= 4 is 32.6 Å². The summed E-state index contributed by atoms with van der Waals surface area (Å²) in [4.78, 5) is 19.5. The highest BCUT2D eigenvalue weighted by Gasteiger charge is 2.21. The second-order valence-corrected chi connectivity index (χ2v) is 7.82. The summed E-state index contributed by atoms with van der Waals surface area (Å²) in [5.41, 5.74) is 3.55. The summed E-state index contributed by atoms with van der Waals surface area (Å²) in [5, 5.41) is 9.56. The summed E-state index contributed by atoms with van der Waals surface area (Å²) in [5.74, 6) is 0.363. The van der Waals surface area contributed by atoms with Crippen LogP contribution in [0.3, 0.4) is 0 Å². The van der Waals surface area contributed by atoms with Crippen LogP contribution in [0.5, 0.6) is 5.75 Å². The number of benzene rings is 3.